The third kappa shape index (κ3) is 23.7. The van der Waals surface area contributed by atoms with Gasteiger partial charge in [0.05, 0.1) is 12.7 Å². The Morgan fingerprint density at radius 1 is 0.680 bits per heavy atom. The van der Waals surface area contributed by atoms with Crippen LogP contribution in [-0.4, -0.2) is 12.7 Å². The summed E-state index contributed by atoms with van der Waals surface area (Å²) in [6.07, 6.45) is 27.9. The zero-order valence-corrected chi connectivity index (χ0v) is 17.7. The van der Waals surface area contributed by atoms with Gasteiger partial charge in [-0.15, -0.1) is 6.58 Å². The third-order valence-corrected chi connectivity index (χ3v) is 5.04. The molecule has 0 aromatic rings. The molecule has 0 bridgehead atoms. The first-order valence-electron chi connectivity index (χ1n) is 11.6. The van der Waals surface area contributed by atoms with Crippen LogP contribution in [0.5, 0.6) is 0 Å². The summed E-state index contributed by atoms with van der Waals surface area (Å²) < 4.78 is 5.17. The van der Waals surface area contributed by atoms with Gasteiger partial charge in [-0.25, -0.2) is 0 Å². The van der Waals surface area contributed by atoms with Gasteiger partial charge in [-0.2, -0.15) is 0 Å². The molecular weight excluding hydrogens is 304 g/mol. The molecule has 0 aromatic heterocycles. The van der Waals surface area contributed by atoms with Gasteiger partial charge >= 0.3 is 0 Å². The Balaban J connectivity index is 0.000000463. The lowest BCUT2D eigenvalue weighted by Gasteiger charge is -1.99. The molecule has 1 unspecified atom stereocenters. The summed E-state index contributed by atoms with van der Waals surface area (Å²) in [6, 6.07) is 0. The summed E-state index contributed by atoms with van der Waals surface area (Å²) in [5.74, 6) is 0. The van der Waals surface area contributed by atoms with Crippen LogP contribution in [0.4, 0.5) is 0 Å². The summed E-state index contributed by atoms with van der Waals surface area (Å²) in [5, 5.41) is 0. The average molecular weight is 353 g/mol. The van der Waals surface area contributed by atoms with E-state index < -0.39 is 0 Å². The summed E-state index contributed by atoms with van der Waals surface area (Å²) >= 11 is 0. The van der Waals surface area contributed by atoms with Gasteiger partial charge in [-0.05, 0) is 19.3 Å². The van der Waals surface area contributed by atoms with E-state index >= 15 is 0 Å². The van der Waals surface area contributed by atoms with Gasteiger partial charge in [-0.1, -0.05) is 116 Å². The van der Waals surface area contributed by atoms with Crippen molar-refractivity contribution in [2.75, 3.05) is 6.61 Å². The van der Waals surface area contributed by atoms with Gasteiger partial charge in [0.15, 0.2) is 0 Å². The number of unbranched alkanes of at least 4 members (excludes halogenated alkanes) is 15. The Kier molecular flexibility index (Phi) is 21.5. The fourth-order valence-electron chi connectivity index (χ4n) is 3.16. The molecule has 1 nitrogen and oxygen atoms in total. The van der Waals surface area contributed by atoms with Crippen molar-refractivity contribution in [1.82, 2.24) is 0 Å². The van der Waals surface area contributed by atoms with Crippen LogP contribution in [0.1, 0.15) is 129 Å². The Bertz CT molecular complexity index is 244. The molecule has 1 heteroatoms. The average Bonchev–Trinajstić information content (AvgIpc) is 3.45. The molecule has 1 atom stereocenters. The smallest absolute Gasteiger partial charge is 0.0810 e. The molecular formula is C24H48O. The van der Waals surface area contributed by atoms with E-state index in [0.29, 0.717) is 6.10 Å². The molecule has 0 N–H and O–H groups in total. The van der Waals surface area contributed by atoms with Crippen molar-refractivity contribution in [3.05, 3.63) is 12.7 Å². The number of hydrogen-bond donors (Lipinski definition) is 0. The standard InChI is InChI=1S/C12H24O.C12H24/c1-2-3-4-5-6-7-8-9-10-12-11-13-12;1-3-5-7-9-11-12-10-8-6-4-2/h12H,2-11H2,1H3;3H,1,4-12H2,2H3. The maximum absolute atomic E-state index is 5.17. The first-order valence-corrected chi connectivity index (χ1v) is 11.6. The molecule has 1 aliphatic rings. The largest absolute Gasteiger partial charge is 0.373 e. The molecule has 1 saturated heterocycles. The van der Waals surface area contributed by atoms with Crippen LogP contribution in [0.15, 0.2) is 12.7 Å². The predicted octanol–water partition coefficient (Wildman–Crippen LogP) is 8.62. The van der Waals surface area contributed by atoms with E-state index in [1.54, 1.807) is 0 Å². The number of rotatable bonds is 18. The molecule has 0 aromatic carbocycles. The lowest BCUT2D eigenvalue weighted by atomic mass is 10.1. The molecule has 1 rings (SSSR count). The molecule has 1 heterocycles. The highest BCUT2D eigenvalue weighted by Crippen LogP contribution is 2.18. The first kappa shape index (κ1) is 24.7. The van der Waals surface area contributed by atoms with E-state index in [1.807, 2.05) is 6.08 Å². The molecule has 1 aliphatic heterocycles. The van der Waals surface area contributed by atoms with E-state index in [-0.39, 0.29) is 0 Å². The van der Waals surface area contributed by atoms with Gasteiger partial charge in [0.2, 0.25) is 0 Å². The molecule has 0 spiro atoms. The number of hydrogen-bond acceptors (Lipinski definition) is 1. The minimum atomic E-state index is 0.653. The van der Waals surface area contributed by atoms with E-state index in [0.717, 1.165) is 6.61 Å². The number of epoxide rings is 1. The number of ether oxygens (including phenoxy) is 1. The van der Waals surface area contributed by atoms with E-state index in [2.05, 4.69) is 20.4 Å². The monoisotopic (exact) mass is 352 g/mol. The van der Waals surface area contributed by atoms with Crippen LogP contribution < -0.4 is 0 Å². The Labute approximate surface area is 160 Å². The quantitative estimate of drug-likeness (QED) is 0.137. The molecule has 0 radical (unpaired) electrons. The van der Waals surface area contributed by atoms with Crippen LogP contribution >= 0.6 is 0 Å². The maximum atomic E-state index is 5.17. The normalized spacial score (nSPS) is 15.5. The van der Waals surface area contributed by atoms with Gasteiger partial charge in [-0.3, -0.25) is 0 Å². The highest BCUT2D eigenvalue weighted by Gasteiger charge is 2.20. The Morgan fingerprint density at radius 3 is 1.48 bits per heavy atom. The minimum absolute atomic E-state index is 0.653. The zero-order chi connectivity index (χ0) is 18.4. The van der Waals surface area contributed by atoms with Gasteiger partial charge < -0.3 is 4.74 Å². The van der Waals surface area contributed by atoms with Crippen molar-refractivity contribution in [3.8, 4) is 0 Å². The number of allylic oxidation sites excluding steroid dienone is 1. The van der Waals surface area contributed by atoms with Crippen molar-refractivity contribution in [2.45, 2.75) is 136 Å². The second kappa shape index (κ2) is 21.7. The Morgan fingerprint density at radius 2 is 1.08 bits per heavy atom. The fourth-order valence-corrected chi connectivity index (χ4v) is 3.16. The molecule has 1 fully saturated rings. The van der Waals surface area contributed by atoms with Gasteiger partial charge in [0, 0.05) is 0 Å². The minimum Gasteiger partial charge on any atom is -0.373 e. The molecule has 150 valence electrons. The van der Waals surface area contributed by atoms with E-state index in [1.165, 1.54) is 116 Å². The molecule has 0 saturated carbocycles. The van der Waals surface area contributed by atoms with Crippen LogP contribution in [0.3, 0.4) is 0 Å². The van der Waals surface area contributed by atoms with Crippen molar-refractivity contribution < 1.29 is 4.74 Å². The first-order chi connectivity index (χ1) is 12.3. The van der Waals surface area contributed by atoms with Crippen molar-refractivity contribution >= 4 is 0 Å². The lowest BCUT2D eigenvalue weighted by molar-refractivity contribution is 0.387. The molecule has 0 aliphatic carbocycles. The predicted molar refractivity (Wildman–Crippen MR) is 114 cm³/mol. The second-order valence-corrected chi connectivity index (χ2v) is 7.77. The molecule has 0 amide bonds. The van der Waals surface area contributed by atoms with Gasteiger partial charge in [0.25, 0.3) is 0 Å². The van der Waals surface area contributed by atoms with Crippen molar-refractivity contribution in [2.24, 2.45) is 0 Å². The van der Waals surface area contributed by atoms with Crippen molar-refractivity contribution in [3.63, 3.8) is 0 Å². The topological polar surface area (TPSA) is 12.5 Å². The summed E-state index contributed by atoms with van der Waals surface area (Å²) in [7, 11) is 0. The van der Waals surface area contributed by atoms with Gasteiger partial charge in [0.1, 0.15) is 0 Å². The SMILES string of the molecule is C=CCCCCCCCCCC.CCCCCCCCCCC1CO1. The van der Waals surface area contributed by atoms with Crippen LogP contribution in [0.25, 0.3) is 0 Å². The van der Waals surface area contributed by atoms with Crippen LogP contribution in [-0.2, 0) is 4.74 Å². The zero-order valence-electron chi connectivity index (χ0n) is 17.7. The lowest BCUT2D eigenvalue weighted by Crippen LogP contribution is -1.85. The van der Waals surface area contributed by atoms with Crippen molar-refractivity contribution in [1.29, 1.82) is 0 Å². The summed E-state index contributed by atoms with van der Waals surface area (Å²) in [5.41, 5.74) is 0. The van der Waals surface area contributed by atoms with Crippen LogP contribution in [0, 0.1) is 0 Å². The fraction of sp³-hybridized carbons (Fsp3) is 0.917. The highest BCUT2D eigenvalue weighted by molar-refractivity contribution is 4.68. The highest BCUT2D eigenvalue weighted by atomic mass is 16.6. The van der Waals surface area contributed by atoms with Crippen LogP contribution in [0.2, 0.25) is 0 Å². The summed E-state index contributed by atoms with van der Waals surface area (Å²) in [4.78, 5) is 0. The van der Waals surface area contributed by atoms with E-state index in [9.17, 15) is 0 Å². The molecule has 25 heavy (non-hydrogen) atoms. The maximum Gasteiger partial charge on any atom is 0.0810 e. The summed E-state index contributed by atoms with van der Waals surface area (Å²) in [6.45, 7) is 9.30. The van der Waals surface area contributed by atoms with E-state index in [4.69, 9.17) is 4.74 Å². The third-order valence-electron chi connectivity index (χ3n) is 5.04. The second-order valence-electron chi connectivity index (χ2n) is 7.77. The Hall–Kier alpha value is -0.300.